The van der Waals surface area contributed by atoms with Crippen LogP contribution in [-0.2, 0) is 11.3 Å². The van der Waals surface area contributed by atoms with Gasteiger partial charge in [-0.1, -0.05) is 18.6 Å². The van der Waals surface area contributed by atoms with Crippen molar-refractivity contribution in [2.45, 2.75) is 31.8 Å². The number of hydrogen-bond acceptors (Lipinski definition) is 3. The van der Waals surface area contributed by atoms with E-state index >= 15 is 0 Å². The minimum Gasteiger partial charge on any atom is -0.351 e. The van der Waals surface area contributed by atoms with Crippen molar-refractivity contribution in [2.24, 2.45) is 5.73 Å². The first-order valence-corrected chi connectivity index (χ1v) is 7.14. The molecular weight excluding hydrogens is 257 g/mol. The zero-order chi connectivity index (χ0) is 14.4. The van der Waals surface area contributed by atoms with Gasteiger partial charge in [-0.3, -0.25) is 9.69 Å². The van der Waals surface area contributed by atoms with Crippen LogP contribution in [0.15, 0.2) is 24.3 Å². The van der Waals surface area contributed by atoms with Crippen LogP contribution in [0.3, 0.4) is 0 Å². The van der Waals surface area contributed by atoms with E-state index in [1.165, 1.54) is 18.6 Å². The van der Waals surface area contributed by atoms with Gasteiger partial charge in [-0.2, -0.15) is 0 Å². The molecule has 5 heteroatoms. The van der Waals surface area contributed by atoms with Gasteiger partial charge in [0, 0.05) is 19.1 Å². The molecule has 2 rings (SSSR count). The standard InChI is InChI=1S/C15H22FN3O/c16-13-6-4-12(5-7-13)10-18-15(20)11-19-8-2-1-3-14(19)9-17/h4-7,14H,1-3,8-11,17H2,(H,18,20). The number of nitrogens with one attached hydrogen (secondary N) is 1. The molecule has 1 heterocycles. The molecule has 0 saturated carbocycles. The lowest BCUT2D eigenvalue weighted by molar-refractivity contribution is -0.123. The number of likely N-dealkylation sites (tertiary alicyclic amines) is 1. The summed E-state index contributed by atoms with van der Waals surface area (Å²) >= 11 is 0. The molecule has 1 saturated heterocycles. The number of halogens is 1. The Morgan fingerprint density at radius 2 is 2.10 bits per heavy atom. The number of nitrogens with zero attached hydrogens (tertiary/aromatic N) is 1. The molecule has 0 aromatic heterocycles. The zero-order valence-corrected chi connectivity index (χ0v) is 11.6. The molecule has 1 fully saturated rings. The maximum atomic E-state index is 12.8. The average molecular weight is 279 g/mol. The number of nitrogens with two attached hydrogens (primary N) is 1. The van der Waals surface area contributed by atoms with Crippen LogP contribution in [0.4, 0.5) is 4.39 Å². The molecule has 0 spiro atoms. The summed E-state index contributed by atoms with van der Waals surface area (Å²) in [5.74, 6) is -0.270. The Kier molecular flexibility index (Phi) is 5.49. The van der Waals surface area contributed by atoms with E-state index in [1.807, 2.05) is 0 Å². The second-order valence-corrected chi connectivity index (χ2v) is 5.26. The number of benzene rings is 1. The zero-order valence-electron chi connectivity index (χ0n) is 11.6. The van der Waals surface area contributed by atoms with Crippen molar-refractivity contribution in [3.63, 3.8) is 0 Å². The second kappa shape index (κ2) is 7.36. The third-order valence-electron chi connectivity index (χ3n) is 3.77. The molecule has 0 radical (unpaired) electrons. The SMILES string of the molecule is NCC1CCCCN1CC(=O)NCc1ccc(F)cc1. The fourth-order valence-electron chi connectivity index (χ4n) is 2.58. The van der Waals surface area contributed by atoms with Crippen LogP contribution < -0.4 is 11.1 Å². The molecule has 3 N–H and O–H groups in total. The quantitative estimate of drug-likeness (QED) is 0.853. The van der Waals surface area contributed by atoms with Gasteiger partial charge in [-0.05, 0) is 37.1 Å². The Morgan fingerprint density at radius 3 is 2.80 bits per heavy atom. The van der Waals surface area contributed by atoms with Gasteiger partial charge in [-0.25, -0.2) is 4.39 Å². The van der Waals surface area contributed by atoms with E-state index in [1.54, 1.807) is 12.1 Å². The number of hydrogen-bond donors (Lipinski definition) is 2. The van der Waals surface area contributed by atoms with E-state index in [-0.39, 0.29) is 11.7 Å². The summed E-state index contributed by atoms with van der Waals surface area (Å²) in [6.07, 6.45) is 3.39. The molecule has 1 unspecified atom stereocenters. The lowest BCUT2D eigenvalue weighted by Crippen LogP contribution is -2.48. The molecule has 110 valence electrons. The fourth-order valence-corrected chi connectivity index (χ4v) is 2.58. The fraction of sp³-hybridized carbons (Fsp3) is 0.533. The third-order valence-corrected chi connectivity index (χ3v) is 3.77. The number of amides is 1. The highest BCUT2D eigenvalue weighted by Crippen LogP contribution is 2.15. The highest BCUT2D eigenvalue weighted by Gasteiger charge is 2.22. The minimum absolute atomic E-state index is 0.00493. The summed E-state index contributed by atoms with van der Waals surface area (Å²) in [6, 6.07) is 6.48. The van der Waals surface area contributed by atoms with Crippen LogP contribution in [0.2, 0.25) is 0 Å². The lowest BCUT2D eigenvalue weighted by atomic mass is 10.0. The Hall–Kier alpha value is -1.46. The average Bonchev–Trinajstić information content (AvgIpc) is 2.47. The van der Waals surface area contributed by atoms with Crippen LogP contribution in [0.1, 0.15) is 24.8 Å². The smallest absolute Gasteiger partial charge is 0.234 e. The molecule has 1 aliphatic rings. The summed E-state index contributed by atoms with van der Waals surface area (Å²) in [4.78, 5) is 14.1. The summed E-state index contributed by atoms with van der Waals surface area (Å²) in [5, 5.41) is 2.87. The van der Waals surface area contributed by atoms with Gasteiger partial charge in [0.15, 0.2) is 0 Å². The largest absolute Gasteiger partial charge is 0.351 e. The maximum Gasteiger partial charge on any atom is 0.234 e. The van der Waals surface area contributed by atoms with E-state index in [0.29, 0.717) is 25.7 Å². The Balaban J connectivity index is 1.78. The number of carbonyl (C=O) groups is 1. The Bertz CT molecular complexity index is 435. The van der Waals surface area contributed by atoms with E-state index < -0.39 is 0 Å². The number of rotatable bonds is 5. The highest BCUT2D eigenvalue weighted by atomic mass is 19.1. The summed E-state index contributed by atoms with van der Waals surface area (Å²) in [5.41, 5.74) is 6.64. The first kappa shape index (κ1) is 14.9. The van der Waals surface area contributed by atoms with Gasteiger partial charge < -0.3 is 11.1 Å². The van der Waals surface area contributed by atoms with Crippen molar-refractivity contribution in [2.75, 3.05) is 19.6 Å². The molecule has 0 bridgehead atoms. The molecule has 1 aromatic carbocycles. The summed E-state index contributed by atoms with van der Waals surface area (Å²) in [7, 11) is 0. The first-order chi connectivity index (χ1) is 9.69. The van der Waals surface area contributed by atoms with Crippen LogP contribution in [0.5, 0.6) is 0 Å². The number of carbonyl (C=O) groups excluding carboxylic acids is 1. The van der Waals surface area contributed by atoms with Crippen molar-refractivity contribution >= 4 is 5.91 Å². The molecule has 1 atom stereocenters. The molecular formula is C15H22FN3O. The van der Waals surface area contributed by atoms with Gasteiger partial charge in [0.2, 0.25) is 5.91 Å². The van der Waals surface area contributed by atoms with E-state index in [2.05, 4.69) is 10.2 Å². The topological polar surface area (TPSA) is 58.4 Å². The van der Waals surface area contributed by atoms with Gasteiger partial charge in [0.05, 0.1) is 6.54 Å². The van der Waals surface area contributed by atoms with Crippen LogP contribution in [0, 0.1) is 5.82 Å². The maximum absolute atomic E-state index is 12.8. The van der Waals surface area contributed by atoms with E-state index in [0.717, 1.165) is 24.9 Å². The van der Waals surface area contributed by atoms with Gasteiger partial charge in [0.25, 0.3) is 0 Å². The molecule has 0 aliphatic carbocycles. The summed E-state index contributed by atoms with van der Waals surface area (Å²) < 4.78 is 12.8. The minimum atomic E-state index is -0.265. The molecule has 1 aliphatic heterocycles. The Labute approximate surface area is 119 Å². The monoisotopic (exact) mass is 279 g/mol. The highest BCUT2D eigenvalue weighted by molar-refractivity contribution is 5.78. The predicted molar refractivity (Wildman–Crippen MR) is 76.5 cm³/mol. The van der Waals surface area contributed by atoms with Crippen molar-refractivity contribution in [1.29, 1.82) is 0 Å². The van der Waals surface area contributed by atoms with Crippen LogP contribution in [-0.4, -0.2) is 36.5 Å². The van der Waals surface area contributed by atoms with Crippen LogP contribution in [0.25, 0.3) is 0 Å². The third kappa shape index (κ3) is 4.28. The van der Waals surface area contributed by atoms with Gasteiger partial charge in [-0.15, -0.1) is 0 Å². The predicted octanol–water partition coefficient (Wildman–Crippen LogP) is 1.26. The van der Waals surface area contributed by atoms with Crippen LogP contribution >= 0.6 is 0 Å². The second-order valence-electron chi connectivity index (χ2n) is 5.26. The molecule has 1 amide bonds. The van der Waals surface area contributed by atoms with Crippen molar-refractivity contribution < 1.29 is 9.18 Å². The molecule has 1 aromatic rings. The molecule has 20 heavy (non-hydrogen) atoms. The van der Waals surface area contributed by atoms with E-state index in [9.17, 15) is 9.18 Å². The van der Waals surface area contributed by atoms with Crippen molar-refractivity contribution in [1.82, 2.24) is 10.2 Å². The Morgan fingerprint density at radius 1 is 1.35 bits per heavy atom. The van der Waals surface area contributed by atoms with Gasteiger partial charge >= 0.3 is 0 Å². The lowest BCUT2D eigenvalue weighted by Gasteiger charge is -2.34. The van der Waals surface area contributed by atoms with Gasteiger partial charge in [0.1, 0.15) is 5.82 Å². The summed E-state index contributed by atoms with van der Waals surface area (Å²) in [6.45, 7) is 2.36. The normalized spacial score (nSPS) is 19.8. The first-order valence-electron chi connectivity index (χ1n) is 7.14. The number of piperidine rings is 1. The molecule has 4 nitrogen and oxygen atoms in total. The van der Waals surface area contributed by atoms with Crippen molar-refractivity contribution in [3.8, 4) is 0 Å². The van der Waals surface area contributed by atoms with E-state index in [4.69, 9.17) is 5.73 Å². The van der Waals surface area contributed by atoms with Crippen molar-refractivity contribution in [3.05, 3.63) is 35.6 Å².